The van der Waals surface area contributed by atoms with E-state index >= 15 is 0 Å². The Balaban J connectivity index is 1.62. The van der Waals surface area contributed by atoms with Crippen LogP contribution in [0, 0.1) is 11.8 Å². The van der Waals surface area contributed by atoms with Crippen LogP contribution >= 0.6 is 0 Å². The van der Waals surface area contributed by atoms with Gasteiger partial charge in [-0.2, -0.15) is 0 Å². The van der Waals surface area contributed by atoms with Crippen molar-refractivity contribution < 1.29 is 19.3 Å². The highest BCUT2D eigenvalue weighted by Crippen LogP contribution is 2.73. The zero-order valence-corrected chi connectivity index (χ0v) is 15.2. The zero-order chi connectivity index (χ0) is 17.7. The molecule has 25 heavy (non-hydrogen) atoms. The number of rotatable bonds is 1. The largest absolute Gasteiger partial charge is 0.472 e. The van der Waals surface area contributed by atoms with Gasteiger partial charge in [-0.3, -0.25) is 0 Å². The van der Waals surface area contributed by atoms with Gasteiger partial charge in [0, 0.05) is 5.56 Å². The van der Waals surface area contributed by atoms with Crippen LogP contribution in [0.4, 0.5) is 0 Å². The molecule has 0 bridgehead atoms. The first kappa shape index (κ1) is 15.8. The van der Waals surface area contributed by atoms with Gasteiger partial charge in [0.15, 0.2) is 5.79 Å². The highest BCUT2D eigenvalue weighted by molar-refractivity contribution is 5.96. The van der Waals surface area contributed by atoms with E-state index in [1.807, 2.05) is 58.0 Å². The number of fused-ring (bicyclic) bond motifs is 3. The minimum absolute atomic E-state index is 0.209. The molecule has 0 amide bonds. The van der Waals surface area contributed by atoms with Crippen molar-refractivity contribution in [3.8, 4) is 0 Å². The highest BCUT2D eigenvalue weighted by atomic mass is 16.8. The summed E-state index contributed by atoms with van der Waals surface area (Å²) in [4.78, 5) is 5.02. The van der Waals surface area contributed by atoms with Crippen LogP contribution in [-0.2, 0) is 14.2 Å². The van der Waals surface area contributed by atoms with Crippen molar-refractivity contribution in [2.75, 3.05) is 6.61 Å². The second kappa shape index (κ2) is 4.45. The summed E-state index contributed by atoms with van der Waals surface area (Å²) in [5, 5.41) is 11.8. The predicted molar refractivity (Wildman–Crippen MR) is 92.3 cm³/mol. The molecule has 4 aliphatic rings. The molecule has 1 aromatic carbocycles. The van der Waals surface area contributed by atoms with E-state index in [0.717, 1.165) is 12.0 Å². The lowest BCUT2D eigenvalue weighted by atomic mass is 9.70. The molecule has 2 aliphatic carbocycles. The minimum atomic E-state index is -1.16. The van der Waals surface area contributed by atoms with Crippen LogP contribution in [0.25, 0.3) is 0 Å². The molecular weight excluding hydrogens is 318 g/mol. The Bertz CT molecular complexity index is 758. The van der Waals surface area contributed by atoms with Crippen molar-refractivity contribution in [1.29, 1.82) is 0 Å². The van der Waals surface area contributed by atoms with Crippen molar-refractivity contribution in [3.05, 3.63) is 35.9 Å². The third kappa shape index (κ3) is 1.72. The van der Waals surface area contributed by atoms with Gasteiger partial charge in [0.1, 0.15) is 22.8 Å². The molecule has 1 unspecified atom stereocenters. The van der Waals surface area contributed by atoms with Gasteiger partial charge >= 0.3 is 0 Å². The van der Waals surface area contributed by atoms with Crippen molar-refractivity contribution in [1.82, 2.24) is 0 Å². The zero-order valence-electron chi connectivity index (χ0n) is 15.2. The van der Waals surface area contributed by atoms with Crippen LogP contribution in [0.5, 0.6) is 0 Å². The van der Waals surface area contributed by atoms with Crippen molar-refractivity contribution in [2.24, 2.45) is 16.8 Å². The number of hydrogen-bond donors (Lipinski definition) is 1. The summed E-state index contributed by atoms with van der Waals surface area (Å²) in [6.07, 6.45) is 0.786. The van der Waals surface area contributed by atoms with E-state index < -0.39 is 22.5 Å². The first-order valence-corrected chi connectivity index (χ1v) is 9.12. The van der Waals surface area contributed by atoms with Gasteiger partial charge in [-0.25, -0.2) is 4.99 Å². The SMILES string of the molecule is CC1OC(c2ccccc2)=N[C@]12[C@H]1C[C@H]1[C@]1(COC(C)(C)O1)[C@]2(C)O. The molecule has 2 saturated carbocycles. The fourth-order valence-electron chi connectivity index (χ4n) is 5.60. The molecule has 2 spiro atoms. The molecule has 134 valence electrons. The number of hydrogen-bond acceptors (Lipinski definition) is 5. The molecule has 6 atom stereocenters. The summed E-state index contributed by atoms with van der Waals surface area (Å²) in [5.41, 5.74) is -1.61. The summed E-state index contributed by atoms with van der Waals surface area (Å²) in [6, 6.07) is 9.91. The van der Waals surface area contributed by atoms with Crippen molar-refractivity contribution in [3.63, 3.8) is 0 Å². The van der Waals surface area contributed by atoms with Gasteiger partial charge in [0.2, 0.25) is 5.90 Å². The standard InChI is InChI=1S/C20H25NO4/c1-12-20(21-16(24-12)13-8-6-5-7-9-13)15-10-14(15)19(18(20,4)22)11-23-17(2,3)25-19/h5-9,12,14-15,22H,10-11H2,1-4H3/t12?,14-,15+,18+,19-,20+/m1/s1. The molecule has 2 aliphatic heterocycles. The third-order valence-electron chi connectivity index (χ3n) is 6.84. The Labute approximate surface area is 148 Å². The maximum Gasteiger partial charge on any atom is 0.217 e. The van der Waals surface area contributed by atoms with Gasteiger partial charge in [-0.1, -0.05) is 18.2 Å². The Kier molecular flexibility index (Phi) is 2.81. The average Bonchev–Trinajstić information content (AvgIpc) is 3.14. The van der Waals surface area contributed by atoms with Crippen LogP contribution < -0.4 is 0 Å². The van der Waals surface area contributed by atoms with E-state index in [4.69, 9.17) is 19.2 Å². The highest BCUT2D eigenvalue weighted by Gasteiger charge is 2.86. The summed E-state index contributed by atoms with van der Waals surface area (Å²) >= 11 is 0. The van der Waals surface area contributed by atoms with Gasteiger partial charge in [0.25, 0.3) is 0 Å². The molecule has 5 heteroatoms. The molecule has 5 rings (SSSR count). The van der Waals surface area contributed by atoms with Gasteiger partial charge in [-0.05, 0) is 58.1 Å². The lowest BCUT2D eigenvalue weighted by Gasteiger charge is -2.46. The van der Waals surface area contributed by atoms with Gasteiger partial charge in [-0.15, -0.1) is 0 Å². The van der Waals surface area contributed by atoms with E-state index in [2.05, 4.69) is 0 Å². The fraction of sp³-hybridized carbons (Fsp3) is 0.650. The molecule has 0 radical (unpaired) electrons. The smallest absolute Gasteiger partial charge is 0.217 e. The Hall–Kier alpha value is -1.43. The maximum atomic E-state index is 11.8. The quantitative estimate of drug-likeness (QED) is 0.851. The molecule has 3 fully saturated rings. The second-order valence-corrected chi connectivity index (χ2v) is 8.57. The van der Waals surface area contributed by atoms with Crippen LogP contribution in [0.1, 0.15) is 39.7 Å². The molecule has 5 nitrogen and oxygen atoms in total. The number of nitrogens with zero attached hydrogens (tertiary/aromatic N) is 1. The summed E-state index contributed by atoms with van der Waals surface area (Å²) in [7, 11) is 0. The van der Waals surface area contributed by atoms with Crippen LogP contribution in [0.15, 0.2) is 35.3 Å². The lowest BCUT2D eigenvalue weighted by molar-refractivity contribution is -0.223. The second-order valence-electron chi connectivity index (χ2n) is 8.57. The number of ether oxygens (including phenoxy) is 3. The number of aliphatic imine (C=N–C) groups is 1. The normalized spacial score (nSPS) is 49.3. The summed E-state index contributed by atoms with van der Waals surface area (Å²) in [5.74, 6) is 0.455. The first-order valence-electron chi connectivity index (χ1n) is 9.12. The van der Waals surface area contributed by atoms with E-state index in [-0.39, 0.29) is 17.9 Å². The predicted octanol–water partition coefficient (Wildman–Crippen LogP) is 2.51. The Morgan fingerprint density at radius 1 is 1.12 bits per heavy atom. The topological polar surface area (TPSA) is 60.3 Å². The lowest BCUT2D eigenvalue weighted by Crippen LogP contribution is -2.66. The molecule has 1 N–H and O–H groups in total. The molecule has 2 heterocycles. The fourth-order valence-corrected chi connectivity index (χ4v) is 5.60. The Morgan fingerprint density at radius 2 is 1.84 bits per heavy atom. The molecule has 1 aromatic rings. The van der Waals surface area contributed by atoms with Crippen molar-refractivity contribution in [2.45, 2.75) is 62.7 Å². The molecule has 1 saturated heterocycles. The van der Waals surface area contributed by atoms with E-state index in [9.17, 15) is 5.11 Å². The average molecular weight is 343 g/mol. The Morgan fingerprint density at radius 3 is 2.48 bits per heavy atom. The summed E-state index contributed by atoms with van der Waals surface area (Å²) < 4.78 is 18.4. The molecule has 0 aromatic heterocycles. The van der Waals surface area contributed by atoms with Crippen LogP contribution in [-0.4, -0.2) is 46.2 Å². The van der Waals surface area contributed by atoms with E-state index in [1.54, 1.807) is 0 Å². The van der Waals surface area contributed by atoms with Gasteiger partial charge < -0.3 is 19.3 Å². The monoisotopic (exact) mass is 343 g/mol. The maximum absolute atomic E-state index is 11.8. The van der Waals surface area contributed by atoms with Crippen LogP contribution in [0.3, 0.4) is 0 Å². The minimum Gasteiger partial charge on any atom is -0.472 e. The number of aliphatic hydroxyl groups is 1. The molecular formula is C20H25NO4. The first-order chi connectivity index (χ1) is 11.7. The third-order valence-corrected chi connectivity index (χ3v) is 6.84. The number of benzene rings is 1. The van der Waals surface area contributed by atoms with Crippen molar-refractivity contribution >= 4 is 5.90 Å². The van der Waals surface area contributed by atoms with Crippen LogP contribution in [0.2, 0.25) is 0 Å². The van der Waals surface area contributed by atoms with E-state index in [0.29, 0.717) is 12.5 Å². The van der Waals surface area contributed by atoms with E-state index in [1.165, 1.54) is 0 Å². The van der Waals surface area contributed by atoms with Gasteiger partial charge in [0.05, 0.1) is 6.61 Å². The summed E-state index contributed by atoms with van der Waals surface area (Å²) in [6.45, 7) is 8.10.